The van der Waals surface area contributed by atoms with Crippen molar-refractivity contribution in [3.8, 4) is 0 Å². The zero-order valence-electron chi connectivity index (χ0n) is 26.9. The number of methoxy groups -OCH3 is 1. The van der Waals surface area contributed by atoms with Gasteiger partial charge in [0.1, 0.15) is 11.3 Å². The lowest BCUT2D eigenvalue weighted by molar-refractivity contribution is -0.140. The van der Waals surface area contributed by atoms with Crippen molar-refractivity contribution < 1.29 is 32.9 Å². The van der Waals surface area contributed by atoms with Gasteiger partial charge in [-0.3, -0.25) is 4.79 Å². The monoisotopic (exact) mass is 634 g/mol. The molecule has 8 nitrogen and oxygen atoms in total. The van der Waals surface area contributed by atoms with Crippen LogP contribution in [0.4, 0.5) is 13.2 Å². The van der Waals surface area contributed by atoms with Gasteiger partial charge in [0, 0.05) is 52.8 Å². The number of halogens is 3. The van der Waals surface area contributed by atoms with E-state index >= 15 is 13.2 Å². The number of carbonyl (C=O) groups is 1. The van der Waals surface area contributed by atoms with Crippen molar-refractivity contribution in [2.75, 3.05) is 7.11 Å². The number of rotatable bonds is 5. The molecule has 0 aromatic carbocycles. The molecule has 0 radical (unpaired) electrons. The van der Waals surface area contributed by atoms with Crippen LogP contribution >= 0.6 is 0 Å². The van der Waals surface area contributed by atoms with E-state index in [0.29, 0.717) is 69.2 Å². The summed E-state index contributed by atoms with van der Waals surface area (Å²) >= 11 is 0. The molecule has 0 amide bonds. The molecule has 0 aromatic rings. The molecule has 5 heterocycles. The van der Waals surface area contributed by atoms with E-state index in [-0.39, 0.29) is 53.4 Å². The molecule has 0 saturated carbocycles. The molecular weight excluding hydrogens is 597 g/mol. The van der Waals surface area contributed by atoms with Crippen LogP contribution in [0.1, 0.15) is 67.2 Å². The highest BCUT2D eigenvalue weighted by Gasteiger charge is 2.46. The Bertz CT molecular complexity index is 1840. The number of hydrogen-bond donors (Lipinski definition) is 3. The van der Waals surface area contributed by atoms with Crippen LogP contribution in [-0.4, -0.2) is 52.7 Å². The van der Waals surface area contributed by atoms with E-state index in [1.807, 2.05) is 20.8 Å². The maximum atomic E-state index is 15.1. The Labute approximate surface area is 265 Å². The third-order valence-electron chi connectivity index (χ3n) is 9.82. The van der Waals surface area contributed by atoms with E-state index in [4.69, 9.17) is 9.73 Å². The van der Waals surface area contributed by atoms with Crippen molar-refractivity contribution in [3.05, 3.63) is 91.0 Å². The van der Waals surface area contributed by atoms with Crippen LogP contribution in [0.15, 0.2) is 106 Å². The Morgan fingerprint density at radius 2 is 1.83 bits per heavy atom. The summed E-state index contributed by atoms with van der Waals surface area (Å²) in [5.41, 5.74) is 5.40. The Morgan fingerprint density at radius 3 is 2.46 bits per heavy atom. The summed E-state index contributed by atoms with van der Waals surface area (Å²) in [6.45, 7) is 10.4. The minimum atomic E-state index is -4.83. The molecule has 1 saturated heterocycles. The summed E-state index contributed by atoms with van der Waals surface area (Å²) in [5, 5.41) is 25.5. The van der Waals surface area contributed by atoms with Crippen LogP contribution < -0.4 is 5.32 Å². The zero-order chi connectivity index (χ0) is 33.4. The second-order valence-corrected chi connectivity index (χ2v) is 12.5. The number of aliphatic hydroxyl groups is 2. The van der Waals surface area contributed by atoms with Crippen molar-refractivity contribution >= 4 is 23.1 Å². The van der Waals surface area contributed by atoms with Gasteiger partial charge in [-0.1, -0.05) is 13.8 Å². The third kappa shape index (κ3) is 4.87. The molecule has 1 fully saturated rings. The number of ether oxygens (including phenoxy) is 1. The van der Waals surface area contributed by atoms with Crippen LogP contribution in [0.5, 0.6) is 0 Å². The van der Waals surface area contributed by atoms with Gasteiger partial charge in [-0.15, -0.1) is 0 Å². The fourth-order valence-electron chi connectivity index (χ4n) is 7.40. The van der Waals surface area contributed by atoms with Crippen LogP contribution in [0.2, 0.25) is 0 Å². The van der Waals surface area contributed by atoms with E-state index in [1.54, 1.807) is 26.0 Å². The molecule has 1 unspecified atom stereocenters. The minimum Gasteiger partial charge on any atom is -0.511 e. The highest BCUT2D eigenvalue weighted by molar-refractivity contribution is 6.21. The number of nitrogens with one attached hydrogen (secondary N) is 1. The normalized spacial score (nSPS) is 25.0. The summed E-state index contributed by atoms with van der Waals surface area (Å²) in [5.74, 6) is -0.579. The molecule has 3 atom stereocenters. The predicted molar refractivity (Wildman–Crippen MR) is 170 cm³/mol. The second-order valence-electron chi connectivity index (χ2n) is 12.5. The molecule has 6 rings (SSSR count). The number of hydrogen-bond acceptors (Lipinski definition) is 8. The molecule has 5 aliphatic heterocycles. The number of nitrogens with zero attached hydrogens (tertiary/aromatic N) is 3. The van der Waals surface area contributed by atoms with Gasteiger partial charge in [0.15, 0.2) is 0 Å². The molecule has 46 heavy (non-hydrogen) atoms. The van der Waals surface area contributed by atoms with Crippen LogP contribution in [0, 0.1) is 11.8 Å². The SMILES string of the molecule is CCC1=C(C)C2=NC1=CC1=C(C)C3=C(O)CC(=C4NC(=CC5=NC(=C2C(F)(F)F)C(C(C)O)=C5C)[C@@H](C)[C@@H]4CCC(=O)OC)C3=N1. The maximum Gasteiger partial charge on any atom is 0.420 e. The largest absolute Gasteiger partial charge is 0.511 e. The molecule has 6 aliphatic rings. The van der Waals surface area contributed by atoms with Crippen LogP contribution in [0.3, 0.4) is 0 Å². The predicted octanol–water partition coefficient (Wildman–Crippen LogP) is 6.92. The average Bonchev–Trinajstić information content (AvgIpc) is 3.73. The van der Waals surface area contributed by atoms with Crippen LogP contribution in [0.25, 0.3) is 0 Å². The Morgan fingerprint density at radius 1 is 1.11 bits per heavy atom. The quantitative estimate of drug-likeness (QED) is 0.284. The molecular formula is C35H37F3N4O4. The lowest BCUT2D eigenvalue weighted by Gasteiger charge is -2.18. The summed E-state index contributed by atoms with van der Waals surface area (Å²) in [6.07, 6.45) is -1.37. The number of allylic oxidation sites excluding steroid dienone is 11. The molecule has 0 aromatic heterocycles. The summed E-state index contributed by atoms with van der Waals surface area (Å²) in [4.78, 5) is 26.3. The maximum absolute atomic E-state index is 15.1. The fourth-order valence-corrected chi connectivity index (χ4v) is 7.40. The van der Waals surface area contributed by atoms with Gasteiger partial charge < -0.3 is 20.3 Å². The Kier molecular flexibility index (Phi) is 7.74. The third-order valence-corrected chi connectivity index (χ3v) is 9.82. The lowest BCUT2D eigenvalue weighted by Crippen LogP contribution is -2.24. The second kappa shape index (κ2) is 11.2. The number of alkyl halides is 3. The molecule has 3 N–H and O–H groups in total. The van der Waals surface area contributed by atoms with Gasteiger partial charge in [0.05, 0.1) is 47.4 Å². The summed E-state index contributed by atoms with van der Waals surface area (Å²) < 4.78 is 50.3. The summed E-state index contributed by atoms with van der Waals surface area (Å²) in [6, 6.07) is 0. The first-order chi connectivity index (χ1) is 21.7. The first kappa shape index (κ1) is 31.7. The van der Waals surface area contributed by atoms with Crippen molar-refractivity contribution in [2.45, 2.75) is 79.5 Å². The highest BCUT2D eigenvalue weighted by Crippen LogP contribution is 2.48. The Hall–Kier alpha value is -4.25. The standard InChI is InChI=1S/C35H37F3N4O4/c1-8-19-15(3)31-30(35(36,37)38)34-28(18(6)43)16(4)23(41-34)12-22-14(2)20(9-10-27(45)46-7)32(39-22)21-11-26(44)29-17(5)24(40-33(21)29)13-25(19)42-31/h12-14,18,20,39,43-44H,8-11H2,1-7H3/t14-,18?,20-/m0/s1. The van der Waals surface area contributed by atoms with E-state index in [9.17, 15) is 15.0 Å². The molecule has 1 aliphatic carbocycles. The van der Waals surface area contributed by atoms with E-state index in [2.05, 4.69) is 15.3 Å². The minimum absolute atomic E-state index is 0.0960. The van der Waals surface area contributed by atoms with Crippen molar-refractivity contribution in [3.63, 3.8) is 0 Å². The number of aliphatic imine (C=N–C) groups is 3. The Balaban J connectivity index is 1.68. The van der Waals surface area contributed by atoms with Gasteiger partial charge in [-0.2, -0.15) is 13.2 Å². The van der Waals surface area contributed by atoms with Gasteiger partial charge in [0.2, 0.25) is 0 Å². The van der Waals surface area contributed by atoms with E-state index < -0.39 is 17.9 Å². The number of esters is 1. The molecule has 8 bridgehead atoms. The first-order valence-electron chi connectivity index (χ1n) is 15.5. The van der Waals surface area contributed by atoms with Gasteiger partial charge >= 0.3 is 12.1 Å². The number of fused-ring (bicyclic) bond motifs is 5. The van der Waals surface area contributed by atoms with Crippen LogP contribution in [-0.2, 0) is 9.53 Å². The smallest absolute Gasteiger partial charge is 0.420 e. The fraction of sp³-hybridized carbons (Fsp3) is 0.429. The highest BCUT2D eigenvalue weighted by atomic mass is 19.4. The molecule has 242 valence electrons. The van der Waals surface area contributed by atoms with Crippen molar-refractivity contribution in [1.82, 2.24) is 5.32 Å². The number of aliphatic hydroxyl groups excluding tert-OH is 2. The average molecular weight is 635 g/mol. The van der Waals surface area contributed by atoms with Gasteiger partial charge in [0.25, 0.3) is 0 Å². The van der Waals surface area contributed by atoms with Crippen molar-refractivity contribution in [2.24, 2.45) is 26.8 Å². The van der Waals surface area contributed by atoms with Gasteiger partial charge in [-0.25, -0.2) is 15.0 Å². The zero-order valence-corrected chi connectivity index (χ0v) is 26.9. The molecule has 11 heteroatoms. The van der Waals surface area contributed by atoms with E-state index in [1.165, 1.54) is 14.0 Å². The van der Waals surface area contributed by atoms with Crippen molar-refractivity contribution in [1.29, 1.82) is 0 Å². The lowest BCUT2D eigenvalue weighted by atomic mass is 9.86. The summed E-state index contributed by atoms with van der Waals surface area (Å²) in [7, 11) is 1.34. The van der Waals surface area contributed by atoms with E-state index in [0.717, 1.165) is 11.3 Å². The first-order valence-corrected chi connectivity index (χ1v) is 15.5. The topological polar surface area (TPSA) is 116 Å². The molecule has 0 spiro atoms. The number of carbonyl (C=O) groups excluding carboxylic acids is 1. The van der Waals surface area contributed by atoms with Gasteiger partial charge in [-0.05, 0) is 75.0 Å².